The maximum Gasteiger partial charge on any atom is 0.490 e. The Bertz CT molecular complexity index is 5570. The van der Waals surface area contributed by atoms with Gasteiger partial charge in [-0.3, -0.25) is 30.3 Å². The maximum absolute atomic E-state index is 13.0. The molecule has 6 aromatic heterocycles. The van der Waals surface area contributed by atoms with Gasteiger partial charge in [-0.15, -0.1) is 49.3 Å². The third-order valence-corrected chi connectivity index (χ3v) is 22.9. The number of nitrogens with zero attached hydrogens (tertiary/aromatic N) is 16. The van der Waals surface area contributed by atoms with E-state index in [-0.39, 0.29) is 31.2 Å². The van der Waals surface area contributed by atoms with Crippen LogP contribution in [-0.2, 0) is 77.2 Å². The minimum Gasteiger partial charge on any atom is -0.475 e. The molecule has 0 unspecified atom stereocenters. The molecule has 3 aliphatic carbocycles. The van der Waals surface area contributed by atoms with Gasteiger partial charge in [-0.2, -0.15) is 29.0 Å². The number of nitrogens with two attached hydrogens (primary N) is 1. The zero-order valence-electron chi connectivity index (χ0n) is 66.0. The number of carbonyl (C=O) groups is 4. The first-order valence-electron chi connectivity index (χ1n) is 38.2. The minimum absolute atomic E-state index is 0. The van der Waals surface area contributed by atoms with Gasteiger partial charge in [-0.25, -0.2) is 33.8 Å². The van der Waals surface area contributed by atoms with Crippen molar-refractivity contribution in [1.29, 1.82) is 15.8 Å². The van der Waals surface area contributed by atoms with Gasteiger partial charge in [0.15, 0.2) is 15.4 Å². The van der Waals surface area contributed by atoms with E-state index in [1.807, 2.05) is 116 Å². The Morgan fingerprint density at radius 2 is 0.909 bits per heavy atom. The normalized spacial score (nSPS) is 14.2. The van der Waals surface area contributed by atoms with E-state index >= 15 is 0 Å². The van der Waals surface area contributed by atoms with E-state index in [9.17, 15) is 27.6 Å². The summed E-state index contributed by atoms with van der Waals surface area (Å²) in [5, 5.41) is 71.2. The molecule has 0 bridgehead atoms. The highest BCUT2D eigenvalue weighted by Crippen LogP contribution is 2.36. The summed E-state index contributed by atoms with van der Waals surface area (Å²) >= 11 is 7.86. The van der Waals surface area contributed by atoms with Crippen LogP contribution in [0.3, 0.4) is 0 Å². The molecule has 28 nitrogen and oxygen atoms in total. The number of hydrogen-bond donors (Lipinski definition) is 5. The van der Waals surface area contributed by atoms with Gasteiger partial charge in [0.25, 0.3) is 17.7 Å². The summed E-state index contributed by atoms with van der Waals surface area (Å²) in [6, 6.07) is 51.1. The first-order chi connectivity index (χ1) is 58.0. The van der Waals surface area contributed by atoms with Crippen LogP contribution in [0, 0.1) is 39.9 Å². The molecule has 0 aliphatic heterocycles. The number of thiazole rings is 3. The first-order valence-corrected chi connectivity index (χ1v) is 41.8. The molecule has 3 atom stereocenters. The number of halogens is 4. The molecule has 0 spiro atoms. The number of aliphatic carboxylic acids is 1. The number of fused-ring (bicyclic) bond motifs is 3. The lowest BCUT2D eigenvalue weighted by Crippen LogP contribution is -2.38. The number of aromatic nitrogens is 12. The molecule has 628 valence electrons. The van der Waals surface area contributed by atoms with Crippen LogP contribution in [0.2, 0.25) is 0 Å². The number of likely N-dealkylation sites (N-methyl/N-ethyl adjacent to an activating group) is 1. The number of carboxylic acid groups (broad SMARTS) is 1. The summed E-state index contributed by atoms with van der Waals surface area (Å²) in [5.41, 5.74) is 20.5. The number of alkyl halides is 4. The quantitative estimate of drug-likeness (QED) is 0.0262. The van der Waals surface area contributed by atoms with Crippen LogP contribution in [-0.4, -0.2) is 172 Å². The Morgan fingerprint density at radius 3 is 1.26 bits per heavy atom. The lowest BCUT2D eigenvalue weighted by molar-refractivity contribution is -0.192. The highest BCUT2D eigenvalue weighted by molar-refractivity contribution is 9.09. The number of nitrogens with one attached hydrogen (secondary N) is 3. The van der Waals surface area contributed by atoms with Crippen molar-refractivity contribution in [2.24, 2.45) is 11.7 Å². The molecule has 6 N–H and O–H groups in total. The fraction of sp³-hybridized carbons (Fsp3) is 0.326. The molecule has 0 fully saturated rings. The van der Waals surface area contributed by atoms with Crippen LogP contribution >= 0.6 is 49.9 Å². The number of amides is 3. The summed E-state index contributed by atoms with van der Waals surface area (Å²) < 4.78 is 52.0. The minimum atomic E-state index is -5.08. The number of rotatable bonds is 25. The van der Waals surface area contributed by atoms with Crippen LogP contribution in [0.25, 0.3) is 33.8 Å². The van der Waals surface area contributed by atoms with E-state index in [2.05, 4.69) is 103 Å². The van der Waals surface area contributed by atoms with Crippen molar-refractivity contribution in [3.05, 3.63) is 246 Å². The van der Waals surface area contributed by atoms with Crippen molar-refractivity contribution < 1.29 is 51.7 Å². The van der Waals surface area contributed by atoms with E-state index in [0.717, 1.165) is 163 Å². The summed E-state index contributed by atoms with van der Waals surface area (Å²) in [4.78, 5) is 67.8. The number of hydrogen-bond acceptors (Lipinski definition) is 24. The molecule has 121 heavy (non-hydrogen) atoms. The summed E-state index contributed by atoms with van der Waals surface area (Å²) in [6.45, 7) is 4.68. The summed E-state index contributed by atoms with van der Waals surface area (Å²) in [6.07, 6.45) is 11.4. The predicted molar refractivity (Wildman–Crippen MR) is 460 cm³/mol. The molecule has 35 heteroatoms. The Morgan fingerprint density at radius 1 is 0.545 bits per heavy atom. The van der Waals surface area contributed by atoms with Gasteiger partial charge in [0.2, 0.25) is 0 Å². The van der Waals surface area contributed by atoms with Crippen LogP contribution < -0.4 is 21.7 Å². The standard InChI is InChI=1S/C28H29N7O2S.C28H28N6O2S.C24H21N7OS.C3H7BrO.C2HF3O2.CH4/c1-34(12-13-37-2)23-10-11-24-26(15-23)38-28(30-24)31-27(36)22-5-3-4-20(14-22)17-35-18-25(32-33-35)21-8-6-19(16-29)7-9-21;1-36-13-3-5-19-9-12-24-26(15-19)37-28(30-24)31-27(35)23-6-2-4-21(14-23)17-34-18-25(32-33-34)22-10-7-20(16-29)8-11-22;25-12-15-4-6-17(7-5-15)21-14-31(30-29-21)13-16-2-1-3-18(10-16)23(32)28-24-27-20-9-8-19(26)11-22(20)33-24;1-5-3-2-4;3-2(4,5)1(6)7;/h3-9,14,18,23H,10-13,15,17H2,1-2H3,(H,30,31,36);2,4,6-8,10-11,14,18-19H,3,5,9,12-13,15,17H2,1H3,(H,30,31,35);1-7,10,14,19H,8-9,11,13,26H2,(H,27,28,32);2-3H2,1H3;(H,6,7);1H4/t23-;2*19-;;;/m111.../s1. The zero-order chi connectivity index (χ0) is 85.1. The van der Waals surface area contributed by atoms with Gasteiger partial charge < -0.3 is 30.0 Å². The average Bonchev–Trinajstić information content (AvgIpc) is 1.68. The third-order valence-electron chi connectivity index (χ3n) is 19.5. The number of ether oxygens (including phenoxy) is 3. The number of carbonyl (C=O) groups excluding carboxylic acids is 3. The van der Waals surface area contributed by atoms with E-state index in [0.29, 0.717) is 80.4 Å². The molecule has 12 aromatic rings. The third kappa shape index (κ3) is 26.8. The fourth-order valence-corrected chi connectivity index (χ4v) is 16.8. The Balaban J connectivity index is 0.000000177. The monoisotopic (exact) mass is 1760 g/mol. The second-order valence-corrected chi connectivity index (χ2v) is 32.2. The molecular formula is C86H90BrF3N20O8S3. The Labute approximate surface area is 718 Å². The summed E-state index contributed by atoms with van der Waals surface area (Å²) in [5.74, 6) is -2.63. The Hall–Kier alpha value is -12.0. The van der Waals surface area contributed by atoms with Gasteiger partial charge >= 0.3 is 12.1 Å². The SMILES string of the molecule is C.COCCBr.COCCC[C@@H]1CCc2nc(NC(=O)c3cccc(Cn4cc(-c5ccc(C#N)cc5)nn4)c3)sc2C1.COCCN(C)[C@@H]1CCc2nc(NC(=O)c3cccc(Cn4cc(-c5ccc(C#N)cc5)nn4)c3)sc2C1.N#Cc1ccc(-c2cn(Cc3cccc(C(=O)Nc4nc5c(s4)C[C@H](N)CC5)c3)nn2)cc1.O=C(O)C(F)(F)F. The summed E-state index contributed by atoms with van der Waals surface area (Å²) in [7, 11) is 7.29. The molecule has 0 radical (unpaired) electrons. The van der Waals surface area contributed by atoms with Crippen molar-refractivity contribution >= 4 is 89.0 Å². The Kier molecular flexibility index (Phi) is 33.9. The molecular weight excluding hydrogens is 1670 g/mol. The number of nitriles is 3. The maximum atomic E-state index is 13.0. The van der Waals surface area contributed by atoms with Crippen molar-refractivity contribution in [3.8, 4) is 52.0 Å². The van der Waals surface area contributed by atoms with E-state index in [4.69, 9.17) is 50.9 Å². The van der Waals surface area contributed by atoms with Crippen LogP contribution in [0.4, 0.5) is 28.6 Å². The van der Waals surface area contributed by atoms with E-state index < -0.39 is 12.1 Å². The highest BCUT2D eigenvalue weighted by atomic mass is 79.9. The number of anilines is 3. The second-order valence-electron chi connectivity index (χ2n) is 28.2. The van der Waals surface area contributed by atoms with Crippen LogP contribution in [0.5, 0.6) is 0 Å². The van der Waals surface area contributed by atoms with Crippen molar-refractivity contribution in [1.82, 2.24) is 64.8 Å². The fourth-order valence-electron chi connectivity index (χ4n) is 13.2. The van der Waals surface area contributed by atoms with Crippen LogP contribution in [0.1, 0.15) is 136 Å². The average molecular weight is 1760 g/mol. The lowest BCUT2D eigenvalue weighted by atomic mass is 9.88. The predicted octanol–water partition coefficient (Wildman–Crippen LogP) is 14.8. The highest BCUT2D eigenvalue weighted by Gasteiger charge is 2.38. The molecule has 15 rings (SSSR count). The van der Waals surface area contributed by atoms with Gasteiger partial charge in [0.05, 0.1) is 103 Å². The number of aryl methyl sites for hydroxylation is 3. The van der Waals surface area contributed by atoms with Crippen molar-refractivity contribution in [2.75, 3.05) is 76.0 Å². The van der Waals surface area contributed by atoms with Crippen molar-refractivity contribution in [2.45, 2.75) is 116 Å². The van der Waals surface area contributed by atoms with Gasteiger partial charge in [-0.1, -0.05) is 112 Å². The lowest BCUT2D eigenvalue weighted by Gasteiger charge is -2.30. The number of methoxy groups -OCH3 is 3. The topological polar surface area (TPSA) is 384 Å². The first kappa shape index (κ1) is 91.4. The molecule has 0 saturated carbocycles. The van der Waals surface area contributed by atoms with Gasteiger partial charge in [-0.05, 0) is 173 Å². The number of benzene rings is 6. The van der Waals surface area contributed by atoms with E-state index in [1.54, 1.807) is 107 Å². The zero-order valence-corrected chi connectivity index (χ0v) is 70.1. The van der Waals surface area contributed by atoms with E-state index in [1.165, 1.54) is 32.4 Å². The number of carboxylic acids is 1. The van der Waals surface area contributed by atoms with Crippen molar-refractivity contribution in [3.63, 3.8) is 0 Å². The molecule has 6 heterocycles. The van der Waals surface area contributed by atoms with Gasteiger partial charge in [0, 0.05) is 99.9 Å². The smallest absolute Gasteiger partial charge is 0.475 e. The largest absolute Gasteiger partial charge is 0.490 e. The molecule has 6 aromatic carbocycles. The van der Waals surface area contributed by atoms with Crippen LogP contribution in [0.15, 0.2) is 164 Å². The van der Waals surface area contributed by atoms with Gasteiger partial charge in [0.1, 0.15) is 17.1 Å². The second kappa shape index (κ2) is 44.9. The molecule has 0 saturated heterocycles. The molecule has 3 aliphatic rings. The molecule has 3 amide bonds.